The normalized spacial score (nSPS) is 10.4. The molecule has 0 unspecified atom stereocenters. The van der Waals surface area contributed by atoms with Gasteiger partial charge in [0, 0.05) is 24.5 Å². The smallest absolute Gasteiger partial charge is 0.0968 e. The van der Waals surface area contributed by atoms with Crippen LogP contribution in [0.25, 0.3) is 0 Å². The maximum Gasteiger partial charge on any atom is 0.0968 e. The van der Waals surface area contributed by atoms with E-state index < -0.39 is 0 Å². The van der Waals surface area contributed by atoms with Crippen LogP contribution in [0.4, 0.5) is 0 Å². The van der Waals surface area contributed by atoms with Gasteiger partial charge in [-0.1, -0.05) is 24.3 Å². The maximum atomic E-state index is 5.66. The van der Waals surface area contributed by atoms with E-state index in [1.807, 2.05) is 23.7 Å². The van der Waals surface area contributed by atoms with Crippen LogP contribution in [-0.2, 0) is 13.0 Å². The number of nitrogens with zero attached hydrogens (tertiary/aromatic N) is 1. The van der Waals surface area contributed by atoms with Crippen LogP contribution < -0.4 is 5.73 Å². The number of hydrogen-bond donors (Lipinski definition) is 1. The Kier molecular flexibility index (Phi) is 2.91. The first kappa shape index (κ1) is 9.37. The average molecular weight is 204 g/mol. The van der Waals surface area contributed by atoms with Gasteiger partial charge in [-0.15, -0.1) is 11.3 Å². The number of rotatable bonds is 3. The van der Waals surface area contributed by atoms with E-state index in [1.165, 1.54) is 11.1 Å². The van der Waals surface area contributed by atoms with Gasteiger partial charge in [0.2, 0.25) is 0 Å². The maximum absolute atomic E-state index is 5.66. The monoisotopic (exact) mass is 204 g/mol. The molecule has 1 heterocycles. The zero-order valence-electron chi connectivity index (χ0n) is 7.81. The van der Waals surface area contributed by atoms with Crippen molar-refractivity contribution in [3.8, 4) is 0 Å². The van der Waals surface area contributed by atoms with Crippen LogP contribution in [0.15, 0.2) is 35.8 Å². The van der Waals surface area contributed by atoms with Crippen molar-refractivity contribution in [2.45, 2.75) is 13.0 Å². The van der Waals surface area contributed by atoms with Crippen molar-refractivity contribution in [3.63, 3.8) is 0 Å². The lowest BCUT2D eigenvalue weighted by atomic mass is 10.1. The third-order valence-electron chi connectivity index (χ3n) is 2.16. The van der Waals surface area contributed by atoms with Crippen molar-refractivity contribution < 1.29 is 0 Å². The highest BCUT2D eigenvalue weighted by atomic mass is 32.1. The lowest BCUT2D eigenvalue weighted by molar-refractivity contribution is 1.01. The second kappa shape index (κ2) is 4.35. The summed E-state index contributed by atoms with van der Waals surface area (Å²) < 4.78 is 0. The summed E-state index contributed by atoms with van der Waals surface area (Å²) in [6.07, 6.45) is 2.73. The van der Waals surface area contributed by atoms with Crippen molar-refractivity contribution in [2.75, 3.05) is 0 Å². The van der Waals surface area contributed by atoms with Crippen LogP contribution in [0.5, 0.6) is 0 Å². The lowest BCUT2D eigenvalue weighted by Crippen LogP contribution is -2.01. The molecule has 2 nitrogen and oxygen atoms in total. The van der Waals surface area contributed by atoms with Gasteiger partial charge in [-0.05, 0) is 11.1 Å². The number of benzene rings is 1. The molecule has 3 heteroatoms. The summed E-state index contributed by atoms with van der Waals surface area (Å²) in [5, 5.41) is 3.14. The minimum atomic E-state index is 0.599. The van der Waals surface area contributed by atoms with Gasteiger partial charge in [0.15, 0.2) is 0 Å². The van der Waals surface area contributed by atoms with E-state index >= 15 is 0 Å². The first-order chi connectivity index (χ1) is 6.90. The first-order valence-electron chi connectivity index (χ1n) is 4.55. The largest absolute Gasteiger partial charge is 0.326 e. The molecule has 1 aromatic carbocycles. The zero-order valence-corrected chi connectivity index (χ0v) is 8.63. The third kappa shape index (κ3) is 2.00. The van der Waals surface area contributed by atoms with Crippen molar-refractivity contribution >= 4 is 11.3 Å². The molecule has 0 spiro atoms. The van der Waals surface area contributed by atoms with Crippen LogP contribution >= 0.6 is 11.3 Å². The SMILES string of the molecule is NCc1ccccc1Cc1nccs1. The summed E-state index contributed by atoms with van der Waals surface area (Å²) >= 11 is 1.69. The number of nitrogens with two attached hydrogens (primary N) is 1. The Morgan fingerprint density at radius 1 is 1.21 bits per heavy atom. The number of aromatic nitrogens is 1. The Morgan fingerprint density at radius 2 is 2.00 bits per heavy atom. The molecular formula is C11H12N2S. The number of hydrogen-bond acceptors (Lipinski definition) is 3. The lowest BCUT2D eigenvalue weighted by Gasteiger charge is -2.04. The molecule has 2 N–H and O–H groups in total. The van der Waals surface area contributed by atoms with Crippen molar-refractivity contribution in [2.24, 2.45) is 5.73 Å². The molecule has 0 aliphatic heterocycles. The predicted octanol–water partition coefficient (Wildman–Crippen LogP) is 2.19. The van der Waals surface area contributed by atoms with Crippen molar-refractivity contribution in [1.82, 2.24) is 4.98 Å². The molecule has 0 aliphatic carbocycles. The van der Waals surface area contributed by atoms with Crippen molar-refractivity contribution in [1.29, 1.82) is 0 Å². The fourth-order valence-electron chi connectivity index (χ4n) is 1.43. The molecule has 14 heavy (non-hydrogen) atoms. The van der Waals surface area contributed by atoms with Crippen LogP contribution in [0.3, 0.4) is 0 Å². The summed E-state index contributed by atoms with van der Waals surface area (Å²) in [6.45, 7) is 0.599. The van der Waals surface area contributed by atoms with E-state index in [-0.39, 0.29) is 0 Å². The Bertz CT molecular complexity index is 395. The van der Waals surface area contributed by atoms with E-state index in [0.29, 0.717) is 6.54 Å². The molecule has 2 aromatic rings. The molecule has 0 aliphatic rings. The van der Waals surface area contributed by atoms with E-state index in [4.69, 9.17) is 5.73 Å². The quantitative estimate of drug-likeness (QED) is 0.832. The topological polar surface area (TPSA) is 38.9 Å². The average Bonchev–Trinajstić information content (AvgIpc) is 2.71. The fraction of sp³-hybridized carbons (Fsp3) is 0.182. The summed E-state index contributed by atoms with van der Waals surface area (Å²) in [5.41, 5.74) is 8.16. The van der Waals surface area contributed by atoms with Gasteiger partial charge in [0.05, 0.1) is 5.01 Å². The standard InChI is InChI=1S/C11H12N2S/c12-8-10-4-2-1-3-9(10)7-11-13-5-6-14-11/h1-6H,7-8,12H2. The molecule has 0 saturated heterocycles. The van der Waals surface area contributed by atoms with E-state index in [0.717, 1.165) is 11.4 Å². The summed E-state index contributed by atoms with van der Waals surface area (Å²) in [6, 6.07) is 8.25. The highest BCUT2D eigenvalue weighted by Crippen LogP contribution is 2.15. The van der Waals surface area contributed by atoms with Crippen LogP contribution in [-0.4, -0.2) is 4.98 Å². The molecule has 0 bridgehead atoms. The summed E-state index contributed by atoms with van der Waals surface area (Å²) in [4.78, 5) is 4.26. The van der Waals surface area contributed by atoms with Gasteiger partial charge in [0.25, 0.3) is 0 Å². The number of thiazole rings is 1. The molecule has 0 atom stereocenters. The Labute approximate surface area is 87.4 Å². The molecule has 2 rings (SSSR count). The summed E-state index contributed by atoms with van der Waals surface area (Å²) in [7, 11) is 0. The molecular weight excluding hydrogens is 192 g/mol. The Morgan fingerprint density at radius 3 is 2.64 bits per heavy atom. The molecule has 1 aromatic heterocycles. The minimum absolute atomic E-state index is 0.599. The van der Waals surface area contributed by atoms with Gasteiger partial charge in [-0.2, -0.15) is 0 Å². The van der Waals surface area contributed by atoms with E-state index in [2.05, 4.69) is 17.1 Å². The van der Waals surface area contributed by atoms with E-state index in [9.17, 15) is 0 Å². The summed E-state index contributed by atoms with van der Waals surface area (Å²) in [5.74, 6) is 0. The minimum Gasteiger partial charge on any atom is -0.326 e. The van der Waals surface area contributed by atoms with Crippen LogP contribution in [0.2, 0.25) is 0 Å². The molecule has 72 valence electrons. The molecule has 0 amide bonds. The predicted molar refractivity (Wildman–Crippen MR) is 59.3 cm³/mol. The van der Waals surface area contributed by atoms with Gasteiger partial charge in [0.1, 0.15) is 0 Å². The molecule has 0 fully saturated rings. The van der Waals surface area contributed by atoms with Gasteiger partial charge >= 0.3 is 0 Å². The molecule has 0 saturated carbocycles. The van der Waals surface area contributed by atoms with Crippen LogP contribution in [0.1, 0.15) is 16.1 Å². The highest BCUT2D eigenvalue weighted by Gasteiger charge is 2.02. The first-order valence-corrected chi connectivity index (χ1v) is 5.43. The Hall–Kier alpha value is -1.19. The second-order valence-electron chi connectivity index (χ2n) is 3.08. The van der Waals surface area contributed by atoms with E-state index in [1.54, 1.807) is 11.3 Å². The molecule has 0 radical (unpaired) electrons. The fourth-order valence-corrected chi connectivity index (χ4v) is 2.07. The van der Waals surface area contributed by atoms with Crippen LogP contribution in [0, 0.1) is 0 Å². The third-order valence-corrected chi connectivity index (χ3v) is 2.94. The van der Waals surface area contributed by atoms with Crippen molar-refractivity contribution in [3.05, 3.63) is 52.0 Å². The Balaban J connectivity index is 2.24. The van der Waals surface area contributed by atoms with Gasteiger partial charge < -0.3 is 5.73 Å². The van der Waals surface area contributed by atoms with Gasteiger partial charge in [-0.25, -0.2) is 4.98 Å². The van der Waals surface area contributed by atoms with Gasteiger partial charge in [-0.3, -0.25) is 0 Å². The second-order valence-corrected chi connectivity index (χ2v) is 4.05. The highest BCUT2D eigenvalue weighted by molar-refractivity contribution is 7.09. The zero-order chi connectivity index (χ0) is 9.80.